The molecule has 0 aliphatic carbocycles. The molecule has 2 saturated heterocycles. The lowest BCUT2D eigenvalue weighted by atomic mass is 9.98. The topological polar surface area (TPSA) is 15.7 Å². The van der Waals surface area contributed by atoms with Crippen LogP contribution in [0, 0.1) is 0 Å². The third kappa shape index (κ3) is 3.68. The molecule has 3 heteroatoms. The molecule has 0 unspecified atom stereocenters. The van der Waals surface area contributed by atoms with Gasteiger partial charge in [0.25, 0.3) is 0 Å². The van der Waals surface area contributed by atoms with Crippen molar-refractivity contribution in [1.82, 2.24) is 9.80 Å². The molecule has 3 nitrogen and oxygen atoms in total. The lowest BCUT2D eigenvalue weighted by Gasteiger charge is -2.40. The maximum absolute atomic E-state index is 5.68. The standard InChI is InChI=1S/C22H30N2O/c1-25-22-10-9-18-7-3-4-8-20(18)21(22)17-23-15-11-19(12-16-23)24-13-5-2-6-14-24/h3-4,7-10,19H,2,5-6,11-17H2,1H3. The van der Waals surface area contributed by atoms with Gasteiger partial charge in [0.2, 0.25) is 0 Å². The second-order valence-electron chi connectivity index (χ2n) is 7.57. The van der Waals surface area contributed by atoms with Gasteiger partial charge in [-0.3, -0.25) is 4.90 Å². The highest BCUT2D eigenvalue weighted by Crippen LogP contribution is 2.30. The van der Waals surface area contributed by atoms with Crippen molar-refractivity contribution in [2.75, 3.05) is 33.3 Å². The van der Waals surface area contributed by atoms with Crippen molar-refractivity contribution in [2.45, 2.75) is 44.7 Å². The zero-order valence-electron chi connectivity index (χ0n) is 15.4. The van der Waals surface area contributed by atoms with Gasteiger partial charge in [-0.2, -0.15) is 0 Å². The number of benzene rings is 2. The highest BCUT2D eigenvalue weighted by molar-refractivity contribution is 5.87. The van der Waals surface area contributed by atoms with E-state index in [2.05, 4.69) is 46.2 Å². The Morgan fingerprint density at radius 2 is 1.68 bits per heavy atom. The first kappa shape index (κ1) is 16.9. The van der Waals surface area contributed by atoms with Gasteiger partial charge in [0.1, 0.15) is 5.75 Å². The predicted molar refractivity (Wildman–Crippen MR) is 104 cm³/mol. The molecule has 0 spiro atoms. The van der Waals surface area contributed by atoms with Crippen molar-refractivity contribution in [3.05, 3.63) is 42.0 Å². The van der Waals surface area contributed by atoms with Crippen molar-refractivity contribution in [2.24, 2.45) is 0 Å². The lowest BCUT2D eigenvalue weighted by molar-refractivity contribution is 0.0895. The normalized spacial score (nSPS) is 20.8. The Labute approximate surface area is 151 Å². The van der Waals surface area contributed by atoms with Gasteiger partial charge in [0.15, 0.2) is 0 Å². The van der Waals surface area contributed by atoms with E-state index in [0.29, 0.717) is 0 Å². The molecule has 2 fully saturated rings. The molecule has 0 radical (unpaired) electrons. The van der Waals surface area contributed by atoms with Gasteiger partial charge in [0, 0.05) is 18.2 Å². The number of rotatable bonds is 4. The van der Waals surface area contributed by atoms with Gasteiger partial charge in [-0.05, 0) is 68.7 Å². The summed E-state index contributed by atoms with van der Waals surface area (Å²) >= 11 is 0. The second-order valence-corrected chi connectivity index (χ2v) is 7.57. The Balaban J connectivity index is 1.45. The first-order chi connectivity index (χ1) is 12.3. The van der Waals surface area contributed by atoms with Crippen LogP contribution in [0.5, 0.6) is 5.75 Å². The summed E-state index contributed by atoms with van der Waals surface area (Å²) in [6.45, 7) is 6.04. The average Bonchev–Trinajstić information content (AvgIpc) is 2.69. The zero-order chi connectivity index (χ0) is 17.1. The van der Waals surface area contributed by atoms with Gasteiger partial charge >= 0.3 is 0 Å². The van der Waals surface area contributed by atoms with Crippen LogP contribution in [-0.4, -0.2) is 49.1 Å². The molecule has 0 atom stereocenters. The van der Waals surface area contributed by atoms with Crippen LogP contribution in [-0.2, 0) is 6.54 Å². The van der Waals surface area contributed by atoms with Gasteiger partial charge in [-0.1, -0.05) is 36.8 Å². The molecule has 2 aliphatic rings. The van der Waals surface area contributed by atoms with E-state index in [1.54, 1.807) is 7.11 Å². The van der Waals surface area contributed by atoms with E-state index in [4.69, 9.17) is 4.74 Å². The van der Waals surface area contributed by atoms with Crippen molar-refractivity contribution < 1.29 is 4.74 Å². The summed E-state index contributed by atoms with van der Waals surface area (Å²) < 4.78 is 5.68. The van der Waals surface area contributed by atoms with Crippen LogP contribution in [0.25, 0.3) is 10.8 Å². The molecule has 2 aromatic rings. The minimum absolute atomic E-state index is 0.811. The summed E-state index contributed by atoms with van der Waals surface area (Å²) in [6, 6.07) is 13.8. The number of hydrogen-bond donors (Lipinski definition) is 0. The molecule has 0 N–H and O–H groups in total. The SMILES string of the molecule is COc1ccc2ccccc2c1CN1CCC(N2CCCCC2)CC1. The summed E-state index contributed by atoms with van der Waals surface area (Å²) in [5.74, 6) is 1.02. The molecule has 0 bridgehead atoms. The Kier molecular flexibility index (Phi) is 5.23. The number of piperidine rings is 2. The molecule has 0 amide bonds. The number of fused-ring (bicyclic) bond motifs is 1. The minimum Gasteiger partial charge on any atom is -0.496 e. The van der Waals surface area contributed by atoms with E-state index in [1.807, 2.05) is 0 Å². The van der Waals surface area contributed by atoms with E-state index in [-0.39, 0.29) is 0 Å². The van der Waals surface area contributed by atoms with Crippen LogP contribution in [0.4, 0.5) is 0 Å². The van der Waals surface area contributed by atoms with Gasteiger partial charge in [-0.25, -0.2) is 0 Å². The molecule has 2 aliphatic heterocycles. The third-order valence-corrected chi connectivity index (χ3v) is 6.06. The molecule has 25 heavy (non-hydrogen) atoms. The molecule has 4 rings (SSSR count). The van der Waals surface area contributed by atoms with Crippen LogP contribution in [0.15, 0.2) is 36.4 Å². The van der Waals surface area contributed by atoms with E-state index in [1.165, 1.54) is 74.6 Å². The molecule has 0 saturated carbocycles. The summed E-state index contributed by atoms with van der Waals surface area (Å²) in [5.41, 5.74) is 1.34. The Hall–Kier alpha value is -1.58. The zero-order valence-corrected chi connectivity index (χ0v) is 15.4. The number of methoxy groups -OCH3 is 1. The third-order valence-electron chi connectivity index (χ3n) is 6.06. The number of ether oxygens (including phenoxy) is 1. The molecular weight excluding hydrogens is 308 g/mol. The number of nitrogens with zero attached hydrogens (tertiary/aromatic N) is 2. The van der Waals surface area contributed by atoms with Crippen LogP contribution in [0.2, 0.25) is 0 Å². The fraction of sp³-hybridized carbons (Fsp3) is 0.545. The summed E-state index contributed by atoms with van der Waals surface area (Å²) in [7, 11) is 1.79. The molecule has 0 aromatic heterocycles. The van der Waals surface area contributed by atoms with E-state index in [0.717, 1.165) is 18.3 Å². The maximum Gasteiger partial charge on any atom is 0.123 e. The van der Waals surface area contributed by atoms with Gasteiger partial charge in [-0.15, -0.1) is 0 Å². The van der Waals surface area contributed by atoms with E-state index >= 15 is 0 Å². The molecular formula is C22H30N2O. The molecule has 2 aromatic carbocycles. The lowest BCUT2D eigenvalue weighted by Crippen LogP contribution is -2.46. The molecule has 2 heterocycles. The second kappa shape index (κ2) is 7.76. The van der Waals surface area contributed by atoms with Crippen LogP contribution >= 0.6 is 0 Å². The van der Waals surface area contributed by atoms with Crippen molar-refractivity contribution in [1.29, 1.82) is 0 Å². The van der Waals surface area contributed by atoms with Gasteiger partial charge < -0.3 is 9.64 Å². The summed E-state index contributed by atoms with van der Waals surface area (Å²) in [6.07, 6.45) is 6.84. The van der Waals surface area contributed by atoms with Crippen molar-refractivity contribution in [3.63, 3.8) is 0 Å². The average molecular weight is 338 g/mol. The van der Waals surface area contributed by atoms with E-state index < -0.39 is 0 Å². The van der Waals surface area contributed by atoms with Crippen molar-refractivity contribution >= 4 is 10.8 Å². The first-order valence-corrected chi connectivity index (χ1v) is 9.86. The predicted octanol–water partition coefficient (Wildman–Crippen LogP) is 4.30. The van der Waals surface area contributed by atoms with Crippen LogP contribution in [0.3, 0.4) is 0 Å². The quantitative estimate of drug-likeness (QED) is 0.827. The van der Waals surface area contributed by atoms with Crippen molar-refractivity contribution in [3.8, 4) is 5.75 Å². The summed E-state index contributed by atoms with van der Waals surface area (Å²) in [4.78, 5) is 5.37. The Morgan fingerprint density at radius 1 is 0.920 bits per heavy atom. The molecule has 134 valence electrons. The monoisotopic (exact) mass is 338 g/mol. The number of likely N-dealkylation sites (tertiary alicyclic amines) is 2. The first-order valence-electron chi connectivity index (χ1n) is 9.86. The number of hydrogen-bond acceptors (Lipinski definition) is 3. The largest absolute Gasteiger partial charge is 0.496 e. The van der Waals surface area contributed by atoms with Crippen LogP contribution < -0.4 is 4.74 Å². The van der Waals surface area contributed by atoms with Gasteiger partial charge in [0.05, 0.1) is 7.11 Å². The highest BCUT2D eigenvalue weighted by Gasteiger charge is 2.26. The van der Waals surface area contributed by atoms with Crippen LogP contribution in [0.1, 0.15) is 37.7 Å². The Morgan fingerprint density at radius 3 is 2.44 bits per heavy atom. The maximum atomic E-state index is 5.68. The fourth-order valence-electron chi connectivity index (χ4n) is 4.62. The summed E-state index contributed by atoms with van der Waals surface area (Å²) in [5, 5.41) is 2.64. The Bertz CT molecular complexity index is 700. The van der Waals surface area contributed by atoms with E-state index in [9.17, 15) is 0 Å². The smallest absolute Gasteiger partial charge is 0.123 e. The highest BCUT2D eigenvalue weighted by atomic mass is 16.5. The minimum atomic E-state index is 0.811. The fourth-order valence-corrected chi connectivity index (χ4v) is 4.62.